The number of likely N-dealkylation sites (tertiary alicyclic amines) is 2. The van der Waals surface area contributed by atoms with Gasteiger partial charge in [0.2, 0.25) is 11.8 Å². The van der Waals surface area contributed by atoms with Crippen molar-refractivity contribution in [3.8, 4) is 0 Å². The summed E-state index contributed by atoms with van der Waals surface area (Å²) in [6.45, 7) is 7.08. The molecule has 5 rings (SSSR count). The van der Waals surface area contributed by atoms with Gasteiger partial charge in [0.25, 0.3) is 0 Å². The lowest BCUT2D eigenvalue weighted by Crippen LogP contribution is -2.53. The number of hydrogen-bond acceptors (Lipinski definition) is 3. The molecule has 0 N–H and O–H groups in total. The van der Waals surface area contributed by atoms with Gasteiger partial charge in [-0.25, -0.2) is 4.98 Å². The Bertz CT molecular complexity index is 981. The lowest BCUT2D eigenvalue weighted by atomic mass is 9.70. The lowest BCUT2D eigenvalue weighted by molar-refractivity contribution is -0.147. The summed E-state index contributed by atoms with van der Waals surface area (Å²) in [6, 6.07) is 10.2. The molecule has 3 heterocycles. The van der Waals surface area contributed by atoms with E-state index in [0.717, 1.165) is 37.2 Å². The van der Waals surface area contributed by atoms with Gasteiger partial charge in [0.05, 0.1) is 23.9 Å². The van der Waals surface area contributed by atoms with Crippen molar-refractivity contribution in [3.05, 3.63) is 54.1 Å². The summed E-state index contributed by atoms with van der Waals surface area (Å²) in [5.41, 5.74) is 1.43. The number of carbonyl (C=O) groups excluding carboxylic acids is 2. The average molecular weight is 435 g/mol. The fourth-order valence-electron chi connectivity index (χ4n) is 5.54. The van der Waals surface area contributed by atoms with Crippen LogP contribution in [0.5, 0.6) is 0 Å². The molecule has 1 spiro atoms. The molecular formula is C26H34N4O2. The summed E-state index contributed by atoms with van der Waals surface area (Å²) in [5.74, 6) is 0.977. The Hall–Kier alpha value is -2.63. The fourth-order valence-corrected chi connectivity index (χ4v) is 5.54. The highest BCUT2D eigenvalue weighted by atomic mass is 16.2. The molecule has 1 aliphatic carbocycles. The largest absolute Gasteiger partial charge is 0.342 e. The van der Waals surface area contributed by atoms with E-state index in [9.17, 15) is 9.59 Å². The first-order valence-electron chi connectivity index (χ1n) is 12.1. The van der Waals surface area contributed by atoms with Gasteiger partial charge in [0.1, 0.15) is 0 Å². The van der Waals surface area contributed by atoms with Gasteiger partial charge in [-0.1, -0.05) is 30.3 Å². The number of imidazole rings is 1. The number of amides is 2. The summed E-state index contributed by atoms with van der Waals surface area (Å²) >= 11 is 0. The minimum Gasteiger partial charge on any atom is -0.342 e. The molecule has 6 nitrogen and oxygen atoms in total. The van der Waals surface area contributed by atoms with Crippen LogP contribution >= 0.6 is 0 Å². The third-order valence-corrected chi connectivity index (χ3v) is 7.61. The van der Waals surface area contributed by atoms with Crippen molar-refractivity contribution < 1.29 is 9.59 Å². The zero-order chi connectivity index (χ0) is 22.3. The monoisotopic (exact) mass is 434 g/mol. The van der Waals surface area contributed by atoms with E-state index in [2.05, 4.69) is 29.5 Å². The van der Waals surface area contributed by atoms with E-state index >= 15 is 0 Å². The van der Waals surface area contributed by atoms with Gasteiger partial charge in [-0.05, 0) is 51.0 Å². The van der Waals surface area contributed by atoms with Crippen molar-refractivity contribution in [1.82, 2.24) is 19.4 Å². The molecule has 1 saturated carbocycles. The normalized spacial score (nSPS) is 25.8. The molecule has 1 aromatic carbocycles. The van der Waals surface area contributed by atoms with Crippen molar-refractivity contribution >= 4 is 11.8 Å². The molecule has 2 saturated heterocycles. The predicted octanol–water partition coefficient (Wildman–Crippen LogP) is 3.65. The number of hydrogen-bond donors (Lipinski definition) is 0. The van der Waals surface area contributed by atoms with Crippen LogP contribution in [-0.4, -0.2) is 57.3 Å². The third kappa shape index (κ3) is 3.96. The second kappa shape index (κ2) is 8.38. The first-order chi connectivity index (χ1) is 15.5. The van der Waals surface area contributed by atoms with Gasteiger partial charge in [0.15, 0.2) is 0 Å². The predicted molar refractivity (Wildman–Crippen MR) is 123 cm³/mol. The van der Waals surface area contributed by atoms with Crippen LogP contribution in [0.4, 0.5) is 0 Å². The van der Waals surface area contributed by atoms with Gasteiger partial charge >= 0.3 is 0 Å². The van der Waals surface area contributed by atoms with Crippen LogP contribution in [0, 0.1) is 11.3 Å². The Kier molecular flexibility index (Phi) is 5.56. The van der Waals surface area contributed by atoms with Crippen molar-refractivity contribution in [2.45, 2.75) is 57.9 Å². The Morgan fingerprint density at radius 3 is 2.69 bits per heavy atom. The zero-order valence-corrected chi connectivity index (χ0v) is 19.2. The smallest absolute Gasteiger partial charge is 0.231 e. The first-order valence-corrected chi connectivity index (χ1v) is 12.1. The Balaban J connectivity index is 1.44. The quantitative estimate of drug-likeness (QED) is 0.697. The van der Waals surface area contributed by atoms with E-state index in [1.807, 2.05) is 41.6 Å². The minimum atomic E-state index is -0.546. The molecule has 3 aliphatic rings. The molecule has 1 aromatic heterocycles. The molecular weight excluding hydrogens is 400 g/mol. The van der Waals surface area contributed by atoms with Crippen LogP contribution in [0.15, 0.2) is 42.9 Å². The molecule has 2 aliphatic heterocycles. The highest BCUT2D eigenvalue weighted by Crippen LogP contribution is 2.49. The number of nitrogens with zero attached hydrogens (tertiary/aromatic N) is 4. The maximum absolute atomic E-state index is 13.9. The van der Waals surface area contributed by atoms with E-state index in [-0.39, 0.29) is 17.7 Å². The minimum absolute atomic E-state index is 0.0447. The van der Waals surface area contributed by atoms with Crippen LogP contribution in [-0.2, 0) is 16.0 Å². The second-order valence-corrected chi connectivity index (χ2v) is 10.3. The standard InChI is InChI=1S/C26H34N4O2/c1-19(2)30-16-23(27-18-30)22-15-29(24(31)13-20-7-4-3-5-8-20)17-26(22)11-6-12-28(25(26)32)14-21-9-10-21/h3-5,7-8,16,18-19,21-22H,6,9-15,17H2,1-2H3/t22-,26+/m1/s1. The number of rotatable bonds is 6. The molecule has 2 amide bonds. The summed E-state index contributed by atoms with van der Waals surface area (Å²) in [5, 5.41) is 0. The summed E-state index contributed by atoms with van der Waals surface area (Å²) in [7, 11) is 0. The highest BCUT2D eigenvalue weighted by molar-refractivity contribution is 5.88. The molecule has 2 aromatic rings. The Morgan fingerprint density at radius 1 is 1.22 bits per heavy atom. The topological polar surface area (TPSA) is 58.4 Å². The highest BCUT2D eigenvalue weighted by Gasteiger charge is 2.57. The van der Waals surface area contributed by atoms with Crippen LogP contribution in [0.1, 0.15) is 62.7 Å². The average Bonchev–Trinajstić information content (AvgIpc) is 3.31. The van der Waals surface area contributed by atoms with E-state index < -0.39 is 5.41 Å². The van der Waals surface area contributed by atoms with E-state index in [1.165, 1.54) is 12.8 Å². The number of carbonyl (C=O) groups is 2. The van der Waals surface area contributed by atoms with Crippen LogP contribution in [0.25, 0.3) is 0 Å². The SMILES string of the molecule is CC(C)n1cnc([C@H]2CN(C(=O)Cc3ccccc3)C[C@@]23CCCN(CC2CC2)C3=O)c1. The van der Waals surface area contributed by atoms with Gasteiger partial charge in [0, 0.05) is 44.3 Å². The molecule has 0 bridgehead atoms. The van der Waals surface area contributed by atoms with Crippen LogP contribution in [0.2, 0.25) is 0 Å². The molecule has 2 atom stereocenters. The van der Waals surface area contributed by atoms with Crippen LogP contribution < -0.4 is 0 Å². The Labute approximate surface area is 190 Å². The summed E-state index contributed by atoms with van der Waals surface area (Å²) < 4.78 is 2.10. The van der Waals surface area contributed by atoms with E-state index in [0.29, 0.717) is 31.5 Å². The van der Waals surface area contributed by atoms with Gasteiger partial charge in [-0.3, -0.25) is 9.59 Å². The molecule has 32 heavy (non-hydrogen) atoms. The number of piperidine rings is 1. The maximum atomic E-state index is 13.9. The summed E-state index contributed by atoms with van der Waals surface area (Å²) in [6.07, 6.45) is 8.65. The number of aromatic nitrogens is 2. The van der Waals surface area contributed by atoms with Crippen molar-refractivity contribution in [3.63, 3.8) is 0 Å². The number of benzene rings is 1. The maximum Gasteiger partial charge on any atom is 0.231 e. The zero-order valence-electron chi connectivity index (χ0n) is 19.2. The van der Waals surface area contributed by atoms with Crippen molar-refractivity contribution in [1.29, 1.82) is 0 Å². The molecule has 0 radical (unpaired) electrons. The van der Waals surface area contributed by atoms with Crippen LogP contribution in [0.3, 0.4) is 0 Å². The van der Waals surface area contributed by atoms with Gasteiger partial charge in [-0.2, -0.15) is 0 Å². The van der Waals surface area contributed by atoms with Crippen molar-refractivity contribution in [2.75, 3.05) is 26.2 Å². The molecule has 0 unspecified atom stereocenters. The van der Waals surface area contributed by atoms with E-state index in [1.54, 1.807) is 0 Å². The molecule has 170 valence electrons. The van der Waals surface area contributed by atoms with Crippen molar-refractivity contribution in [2.24, 2.45) is 11.3 Å². The molecule has 3 fully saturated rings. The lowest BCUT2D eigenvalue weighted by Gasteiger charge is -2.42. The summed E-state index contributed by atoms with van der Waals surface area (Å²) in [4.78, 5) is 36.0. The first kappa shape index (κ1) is 21.2. The molecule has 6 heteroatoms. The fraction of sp³-hybridized carbons (Fsp3) is 0.577. The van der Waals surface area contributed by atoms with E-state index in [4.69, 9.17) is 4.98 Å². The Morgan fingerprint density at radius 2 is 2.00 bits per heavy atom. The van der Waals surface area contributed by atoms with Gasteiger partial charge < -0.3 is 14.4 Å². The van der Waals surface area contributed by atoms with Gasteiger partial charge in [-0.15, -0.1) is 0 Å². The third-order valence-electron chi connectivity index (χ3n) is 7.61. The second-order valence-electron chi connectivity index (χ2n) is 10.3.